The minimum absolute atomic E-state index is 0. The van der Waals surface area contributed by atoms with E-state index < -0.39 is 0 Å². The zero-order valence-electron chi connectivity index (χ0n) is 20.8. The van der Waals surface area contributed by atoms with Gasteiger partial charge in [-0.25, -0.2) is 0 Å². The second-order valence-electron chi connectivity index (χ2n) is 12.6. The Labute approximate surface area is 205 Å². The average molecular weight is 477 g/mol. The highest BCUT2D eigenvalue weighted by Crippen LogP contribution is 2.69. The first-order valence-electron chi connectivity index (χ1n) is 13.5. The molecule has 4 saturated carbocycles. The fourth-order valence-electron chi connectivity index (χ4n) is 9.87. The molecule has 1 aromatic rings. The number of aliphatic hydroxyl groups is 3. The van der Waals surface area contributed by atoms with Crippen molar-refractivity contribution in [1.29, 1.82) is 0 Å². The standard InChI is InChI=1S/C26H44N4O3.CH4/c1-5-16-18-12-15(31)8-10-25(18,3)17-9-11-26(4)19(22(17)24(16)33)13-20(32)23(26)14(2)6-7-21-27-29-30-28-21;/h14-20,22-24,31-33H,5-13H2,1-4H3,(H,27,28,29,30);1H4/t14-,15-,16-,17?,18+,19+,20+,22-,23+,24-,25-,26+;/m1./s1. The van der Waals surface area contributed by atoms with Gasteiger partial charge in [0.05, 0.1) is 18.3 Å². The summed E-state index contributed by atoms with van der Waals surface area (Å²) in [5.74, 6) is 3.11. The van der Waals surface area contributed by atoms with E-state index in [1.165, 1.54) is 0 Å². The van der Waals surface area contributed by atoms with Crippen LogP contribution in [0.5, 0.6) is 0 Å². The Kier molecular flexibility index (Phi) is 7.22. The number of tetrazole rings is 1. The van der Waals surface area contributed by atoms with E-state index in [0.717, 1.165) is 63.6 Å². The van der Waals surface area contributed by atoms with Crippen molar-refractivity contribution in [3.05, 3.63) is 5.82 Å². The van der Waals surface area contributed by atoms with Gasteiger partial charge in [0.1, 0.15) is 0 Å². The molecule has 34 heavy (non-hydrogen) atoms. The Bertz CT molecular complexity index is 821. The quantitative estimate of drug-likeness (QED) is 0.511. The lowest BCUT2D eigenvalue weighted by Gasteiger charge is -2.64. The molecular weight excluding hydrogens is 428 g/mol. The largest absolute Gasteiger partial charge is 0.393 e. The molecule has 194 valence electrons. The van der Waals surface area contributed by atoms with Crippen LogP contribution in [0.2, 0.25) is 0 Å². The van der Waals surface area contributed by atoms with Crippen LogP contribution in [0.15, 0.2) is 0 Å². The van der Waals surface area contributed by atoms with Crippen LogP contribution < -0.4 is 0 Å². The molecule has 0 saturated heterocycles. The summed E-state index contributed by atoms with van der Waals surface area (Å²) in [7, 11) is 0. The maximum absolute atomic E-state index is 11.8. The van der Waals surface area contributed by atoms with Crippen molar-refractivity contribution < 1.29 is 15.3 Å². The lowest BCUT2D eigenvalue weighted by molar-refractivity contribution is -0.203. The Morgan fingerprint density at radius 3 is 2.44 bits per heavy atom. The number of nitrogens with one attached hydrogen (secondary N) is 1. The van der Waals surface area contributed by atoms with Gasteiger partial charge in [-0.3, -0.25) is 0 Å². The lowest BCUT2D eigenvalue weighted by Crippen LogP contribution is -2.62. The van der Waals surface area contributed by atoms with Crippen molar-refractivity contribution in [3.63, 3.8) is 0 Å². The molecule has 12 atom stereocenters. The first kappa shape index (κ1) is 26.0. The highest BCUT2D eigenvalue weighted by Gasteiger charge is 2.66. The summed E-state index contributed by atoms with van der Waals surface area (Å²) in [6.07, 6.45) is 7.70. The second kappa shape index (κ2) is 9.44. The van der Waals surface area contributed by atoms with Gasteiger partial charge in [0.2, 0.25) is 0 Å². The number of aryl methyl sites for hydroxylation is 1. The molecule has 4 aliphatic carbocycles. The highest BCUT2D eigenvalue weighted by molar-refractivity contribution is 5.15. The van der Waals surface area contributed by atoms with Crippen LogP contribution in [0.25, 0.3) is 0 Å². The predicted octanol–water partition coefficient (Wildman–Crippen LogP) is 4.00. The van der Waals surface area contributed by atoms with E-state index in [9.17, 15) is 15.3 Å². The smallest absolute Gasteiger partial charge is 0.174 e. The number of aliphatic hydroxyl groups excluding tert-OH is 3. The molecule has 0 radical (unpaired) electrons. The van der Waals surface area contributed by atoms with Gasteiger partial charge in [-0.05, 0) is 97.2 Å². The Morgan fingerprint density at radius 2 is 1.76 bits per heavy atom. The summed E-state index contributed by atoms with van der Waals surface area (Å²) in [4.78, 5) is 0. The first-order valence-corrected chi connectivity index (χ1v) is 13.5. The third kappa shape index (κ3) is 3.85. The van der Waals surface area contributed by atoms with Crippen LogP contribution in [0.3, 0.4) is 0 Å². The normalized spacial score (nSPS) is 48.9. The third-order valence-corrected chi connectivity index (χ3v) is 11.3. The van der Waals surface area contributed by atoms with Crippen LogP contribution in [0.1, 0.15) is 92.3 Å². The van der Waals surface area contributed by atoms with Crippen molar-refractivity contribution in [2.45, 2.75) is 111 Å². The Morgan fingerprint density at radius 1 is 1.03 bits per heavy atom. The van der Waals surface area contributed by atoms with Gasteiger partial charge in [-0.15, -0.1) is 10.2 Å². The number of nitrogens with zero attached hydrogens (tertiary/aromatic N) is 3. The molecule has 5 rings (SSSR count). The van der Waals surface area contributed by atoms with Gasteiger partial charge in [-0.2, -0.15) is 5.21 Å². The maximum Gasteiger partial charge on any atom is 0.174 e. The zero-order chi connectivity index (χ0) is 23.5. The number of hydrogen-bond donors (Lipinski definition) is 4. The highest BCUT2D eigenvalue weighted by atomic mass is 16.3. The summed E-state index contributed by atoms with van der Waals surface area (Å²) in [6.45, 7) is 9.37. The fourth-order valence-corrected chi connectivity index (χ4v) is 9.87. The fraction of sp³-hybridized carbons (Fsp3) is 0.963. The lowest BCUT2D eigenvalue weighted by atomic mass is 9.41. The molecule has 4 fully saturated rings. The SMILES string of the molecule is C.CC[C@H]1[C@@H](O)[C@@H]2C(CC[C@]3(C)[C@@H]([C@H](C)CCc4nn[nH]n4)[C@@H](O)C[C@@H]23)[C@@]2(C)CC[C@@H](O)C[C@@H]12. The van der Waals surface area contributed by atoms with E-state index in [4.69, 9.17) is 0 Å². The minimum Gasteiger partial charge on any atom is -0.393 e. The molecular formula is C27H48N4O3. The molecule has 0 amide bonds. The number of fused-ring (bicyclic) bond motifs is 5. The minimum atomic E-state index is -0.325. The number of hydrogen-bond acceptors (Lipinski definition) is 6. The van der Waals surface area contributed by atoms with E-state index in [2.05, 4.69) is 48.3 Å². The summed E-state index contributed by atoms with van der Waals surface area (Å²) in [5, 5.41) is 48.1. The van der Waals surface area contributed by atoms with Crippen molar-refractivity contribution in [3.8, 4) is 0 Å². The molecule has 7 nitrogen and oxygen atoms in total. The van der Waals surface area contributed by atoms with Crippen molar-refractivity contribution >= 4 is 0 Å². The third-order valence-electron chi connectivity index (χ3n) is 11.3. The van der Waals surface area contributed by atoms with Gasteiger partial charge < -0.3 is 15.3 Å². The molecule has 0 aromatic carbocycles. The summed E-state index contributed by atoms with van der Waals surface area (Å²) in [5.41, 5.74) is 0.242. The topological polar surface area (TPSA) is 115 Å². The molecule has 1 aromatic heterocycles. The van der Waals surface area contributed by atoms with Gasteiger partial charge in [0.15, 0.2) is 5.82 Å². The second-order valence-corrected chi connectivity index (χ2v) is 12.6. The number of rotatable bonds is 5. The van der Waals surface area contributed by atoms with Gasteiger partial charge in [0, 0.05) is 6.42 Å². The van der Waals surface area contributed by atoms with E-state index >= 15 is 0 Å². The van der Waals surface area contributed by atoms with E-state index in [0.29, 0.717) is 23.7 Å². The average Bonchev–Trinajstić information content (AvgIpc) is 3.38. The molecule has 1 unspecified atom stereocenters. The molecule has 4 aliphatic rings. The van der Waals surface area contributed by atoms with Crippen LogP contribution in [0.4, 0.5) is 0 Å². The summed E-state index contributed by atoms with van der Waals surface area (Å²) in [6, 6.07) is 0. The number of aromatic amines is 1. The van der Waals surface area contributed by atoms with E-state index in [1.807, 2.05) is 0 Å². The van der Waals surface area contributed by atoms with Crippen LogP contribution >= 0.6 is 0 Å². The van der Waals surface area contributed by atoms with Crippen LogP contribution in [0, 0.1) is 52.3 Å². The molecule has 7 heteroatoms. The van der Waals surface area contributed by atoms with Gasteiger partial charge >= 0.3 is 0 Å². The molecule has 0 bridgehead atoms. The number of H-pyrrole nitrogens is 1. The molecule has 1 heterocycles. The van der Waals surface area contributed by atoms with Crippen molar-refractivity contribution in [1.82, 2.24) is 20.6 Å². The van der Waals surface area contributed by atoms with Crippen molar-refractivity contribution in [2.75, 3.05) is 0 Å². The summed E-state index contributed by atoms with van der Waals surface area (Å²) < 4.78 is 0. The molecule has 4 N–H and O–H groups in total. The Balaban J connectivity index is 0.00000274. The van der Waals surface area contributed by atoms with Gasteiger partial charge in [-0.1, -0.05) is 46.8 Å². The first-order chi connectivity index (χ1) is 15.7. The van der Waals surface area contributed by atoms with Gasteiger partial charge in [0.25, 0.3) is 0 Å². The summed E-state index contributed by atoms with van der Waals surface area (Å²) >= 11 is 0. The maximum atomic E-state index is 11.8. The molecule has 0 spiro atoms. The van der Waals surface area contributed by atoms with Crippen LogP contribution in [-0.2, 0) is 6.42 Å². The van der Waals surface area contributed by atoms with E-state index in [1.54, 1.807) is 0 Å². The Hall–Kier alpha value is -1.05. The number of aromatic nitrogens is 4. The van der Waals surface area contributed by atoms with E-state index in [-0.39, 0.29) is 54.3 Å². The molecule has 0 aliphatic heterocycles. The predicted molar refractivity (Wildman–Crippen MR) is 132 cm³/mol. The monoisotopic (exact) mass is 476 g/mol. The zero-order valence-corrected chi connectivity index (χ0v) is 20.8. The van der Waals surface area contributed by atoms with Crippen LogP contribution in [-0.4, -0.2) is 54.3 Å². The van der Waals surface area contributed by atoms with Crippen molar-refractivity contribution in [2.24, 2.45) is 52.3 Å².